The number of hydrogen-bond donors (Lipinski definition) is 1. The maximum atomic E-state index is 6.82. The van der Waals surface area contributed by atoms with E-state index in [0.717, 1.165) is 17.9 Å². The fraction of sp³-hybridized carbons (Fsp3) is 0.0588. The highest BCUT2D eigenvalue weighted by Gasteiger charge is 2.52. The predicted molar refractivity (Wildman–Crippen MR) is 226 cm³/mol. The Morgan fingerprint density at radius 3 is 1.78 bits per heavy atom. The van der Waals surface area contributed by atoms with Crippen LogP contribution in [0.4, 0.5) is 17.1 Å². The van der Waals surface area contributed by atoms with Crippen molar-refractivity contribution in [2.24, 2.45) is 0 Å². The van der Waals surface area contributed by atoms with Gasteiger partial charge in [-0.1, -0.05) is 158 Å². The molecule has 1 atom stereocenters. The number of benzene rings is 8. The number of nitrogens with zero attached hydrogens (tertiary/aromatic N) is 2. The third kappa shape index (κ3) is 4.68. The van der Waals surface area contributed by atoms with Crippen molar-refractivity contribution < 1.29 is 0 Å². The molecule has 0 radical (unpaired) electrons. The first-order valence-electron chi connectivity index (χ1n) is 18.7. The molecular weight excluding hydrogens is 655 g/mol. The first-order valence-corrected chi connectivity index (χ1v) is 18.7. The number of anilines is 3. The molecule has 9 aromatic rings. The molecule has 1 aliphatic carbocycles. The molecule has 3 heteroatoms. The number of aryl methyl sites for hydroxylation is 1. The van der Waals surface area contributed by atoms with Crippen LogP contribution < -0.4 is 10.6 Å². The van der Waals surface area contributed by atoms with Crippen LogP contribution >= 0.6 is 0 Å². The highest BCUT2D eigenvalue weighted by Crippen LogP contribution is 2.63. The van der Waals surface area contributed by atoms with Crippen molar-refractivity contribution in [3.05, 3.63) is 228 Å². The Morgan fingerprint density at radius 1 is 0.481 bits per heavy atom. The van der Waals surface area contributed by atoms with Crippen LogP contribution in [0.5, 0.6) is 0 Å². The van der Waals surface area contributed by atoms with Crippen LogP contribution in [0, 0.1) is 6.92 Å². The quantitative estimate of drug-likeness (QED) is 0.187. The number of hydrogen-bond acceptors (Lipinski definition) is 2. The summed E-state index contributed by atoms with van der Waals surface area (Å²) in [4.78, 5) is 2.41. The van der Waals surface area contributed by atoms with Gasteiger partial charge in [0.2, 0.25) is 0 Å². The van der Waals surface area contributed by atoms with Gasteiger partial charge in [0.05, 0.1) is 27.8 Å². The Balaban J connectivity index is 0.000000160. The van der Waals surface area contributed by atoms with E-state index in [2.05, 4.69) is 204 Å². The van der Waals surface area contributed by atoms with Crippen LogP contribution in [0.1, 0.15) is 33.4 Å². The van der Waals surface area contributed by atoms with Gasteiger partial charge in [0.25, 0.3) is 0 Å². The minimum Gasteiger partial charge on any atom is -0.397 e. The Hall–Kier alpha value is -6.84. The van der Waals surface area contributed by atoms with Gasteiger partial charge >= 0.3 is 0 Å². The van der Waals surface area contributed by atoms with Crippen LogP contribution in [0.2, 0.25) is 0 Å². The van der Waals surface area contributed by atoms with Crippen LogP contribution in [-0.2, 0) is 12.0 Å². The summed E-state index contributed by atoms with van der Waals surface area (Å²) >= 11 is 0. The van der Waals surface area contributed by atoms with Crippen LogP contribution in [0.25, 0.3) is 38.6 Å². The van der Waals surface area contributed by atoms with E-state index in [4.69, 9.17) is 5.73 Å². The van der Waals surface area contributed by atoms with Crippen molar-refractivity contribution in [1.29, 1.82) is 0 Å². The van der Waals surface area contributed by atoms with E-state index >= 15 is 0 Å². The Bertz CT molecular complexity index is 2780. The van der Waals surface area contributed by atoms with Crippen LogP contribution in [0.15, 0.2) is 194 Å². The number of para-hydroxylation sites is 5. The van der Waals surface area contributed by atoms with Gasteiger partial charge in [-0.05, 0) is 87.8 Å². The van der Waals surface area contributed by atoms with Crippen molar-refractivity contribution in [3.63, 3.8) is 0 Å². The minimum absolute atomic E-state index is 0.410. The van der Waals surface area contributed by atoms with E-state index in [0.29, 0.717) is 0 Å². The number of nitrogens with two attached hydrogens (primary N) is 1. The molecule has 258 valence electrons. The molecule has 2 N–H and O–H groups in total. The normalized spacial score (nSPS) is 14.9. The van der Waals surface area contributed by atoms with Crippen molar-refractivity contribution >= 4 is 38.9 Å². The second kappa shape index (κ2) is 12.7. The smallest absolute Gasteiger partial charge is 0.0754 e. The summed E-state index contributed by atoms with van der Waals surface area (Å²) in [5.41, 5.74) is 23.8. The molecule has 8 aromatic carbocycles. The van der Waals surface area contributed by atoms with Crippen LogP contribution in [-0.4, -0.2) is 4.57 Å². The first-order chi connectivity index (χ1) is 26.7. The van der Waals surface area contributed by atoms with E-state index in [9.17, 15) is 0 Å². The lowest BCUT2D eigenvalue weighted by atomic mass is 9.64. The van der Waals surface area contributed by atoms with Gasteiger partial charge in [-0.2, -0.15) is 0 Å². The lowest BCUT2D eigenvalue weighted by Crippen LogP contribution is -2.38. The largest absolute Gasteiger partial charge is 0.397 e. The second-order valence-electron chi connectivity index (χ2n) is 14.3. The third-order valence-corrected chi connectivity index (χ3v) is 11.4. The Labute approximate surface area is 316 Å². The lowest BCUT2D eigenvalue weighted by molar-refractivity contribution is 0.735. The van der Waals surface area contributed by atoms with E-state index in [1.165, 1.54) is 77.7 Å². The van der Waals surface area contributed by atoms with E-state index in [1.807, 2.05) is 6.07 Å². The standard InChI is InChI=1S/C33H26N2.C18H13N/c1-22-11-9-17-27-31(22)24-14-5-6-15-25(24)33(27)26-16-7-8-20-30(26)35(21-23-12-3-2-4-13-23)32-28(33)18-10-19-29(32)34;1-2-8-14(9-3-1)19-17-12-6-4-10-15(17)16-11-5-7-13-18(16)19/h2-20H,21,34H2,1H3;1-13H. The summed E-state index contributed by atoms with van der Waals surface area (Å²) in [5, 5.41) is 2.61. The molecule has 3 nitrogen and oxygen atoms in total. The molecule has 0 bridgehead atoms. The highest BCUT2D eigenvalue weighted by molar-refractivity contribution is 6.09. The van der Waals surface area contributed by atoms with Gasteiger partial charge in [0.15, 0.2) is 0 Å². The van der Waals surface area contributed by atoms with E-state index in [1.54, 1.807) is 0 Å². The first kappa shape index (κ1) is 31.9. The van der Waals surface area contributed by atoms with Crippen molar-refractivity contribution in [2.75, 3.05) is 10.6 Å². The van der Waals surface area contributed by atoms with Gasteiger partial charge in [0, 0.05) is 28.7 Å². The number of rotatable bonds is 3. The van der Waals surface area contributed by atoms with Gasteiger partial charge in [-0.3, -0.25) is 0 Å². The average molecular weight is 694 g/mol. The zero-order chi connectivity index (χ0) is 36.2. The second-order valence-corrected chi connectivity index (χ2v) is 14.3. The molecule has 0 amide bonds. The summed E-state index contributed by atoms with van der Waals surface area (Å²) in [6.45, 7) is 2.99. The fourth-order valence-corrected chi connectivity index (χ4v) is 9.26. The molecule has 1 aromatic heterocycles. The molecule has 0 saturated carbocycles. The molecule has 2 heterocycles. The van der Waals surface area contributed by atoms with Crippen molar-refractivity contribution in [1.82, 2.24) is 4.57 Å². The fourth-order valence-electron chi connectivity index (χ4n) is 9.26. The maximum Gasteiger partial charge on any atom is 0.0754 e. The summed E-state index contributed by atoms with van der Waals surface area (Å²) in [6.07, 6.45) is 0. The summed E-state index contributed by atoms with van der Waals surface area (Å²) in [6, 6.07) is 69.3. The molecule has 1 unspecified atom stereocenters. The molecule has 1 aliphatic heterocycles. The maximum absolute atomic E-state index is 6.82. The molecule has 2 aliphatic rings. The number of aromatic nitrogens is 1. The Morgan fingerprint density at radius 2 is 1.04 bits per heavy atom. The summed E-state index contributed by atoms with van der Waals surface area (Å²) in [7, 11) is 0. The highest BCUT2D eigenvalue weighted by atomic mass is 15.2. The Kier molecular flexibility index (Phi) is 7.48. The summed E-state index contributed by atoms with van der Waals surface area (Å²) < 4.78 is 2.32. The monoisotopic (exact) mass is 693 g/mol. The van der Waals surface area contributed by atoms with Gasteiger partial charge in [-0.25, -0.2) is 0 Å². The van der Waals surface area contributed by atoms with Crippen molar-refractivity contribution in [2.45, 2.75) is 18.9 Å². The zero-order valence-electron chi connectivity index (χ0n) is 30.2. The molecule has 0 fully saturated rings. The van der Waals surface area contributed by atoms with Crippen molar-refractivity contribution in [3.8, 4) is 16.8 Å². The number of nitrogen functional groups attached to an aromatic ring is 1. The summed E-state index contributed by atoms with van der Waals surface area (Å²) in [5.74, 6) is 0. The SMILES string of the molecule is Cc1cccc2c1-c1ccccc1C21c2ccccc2N(Cc2ccccc2)c2c(N)cccc21.c1ccc(-n2c3ccccc3c3ccccc32)cc1. The lowest BCUT2D eigenvalue weighted by Gasteiger charge is -2.45. The minimum atomic E-state index is -0.410. The molecular formula is C51H39N3. The van der Waals surface area contributed by atoms with Gasteiger partial charge < -0.3 is 15.2 Å². The van der Waals surface area contributed by atoms with E-state index < -0.39 is 5.41 Å². The van der Waals surface area contributed by atoms with Gasteiger partial charge in [0.1, 0.15) is 0 Å². The number of fused-ring (bicyclic) bond motifs is 12. The topological polar surface area (TPSA) is 34.2 Å². The van der Waals surface area contributed by atoms with E-state index in [-0.39, 0.29) is 0 Å². The van der Waals surface area contributed by atoms with Crippen LogP contribution in [0.3, 0.4) is 0 Å². The molecule has 1 spiro atoms. The average Bonchev–Trinajstić information content (AvgIpc) is 3.72. The third-order valence-electron chi connectivity index (χ3n) is 11.4. The molecule has 0 saturated heterocycles. The predicted octanol–water partition coefficient (Wildman–Crippen LogP) is 12.4. The zero-order valence-corrected chi connectivity index (χ0v) is 30.2. The van der Waals surface area contributed by atoms with Gasteiger partial charge in [-0.15, -0.1) is 0 Å². The molecule has 11 rings (SSSR count). The molecule has 54 heavy (non-hydrogen) atoms.